The second kappa shape index (κ2) is 4.72. The highest BCUT2D eigenvalue weighted by atomic mass is 79.9. The molecule has 0 aliphatic carbocycles. The number of hydrogen-bond donors (Lipinski definition) is 2. The van der Waals surface area contributed by atoms with Crippen molar-refractivity contribution in [3.8, 4) is 0 Å². The van der Waals surface area contributed by atoms with Gasteiger partial charge >= 0.3 is 5.97 Å². The number of aliphatic hydroxyl groups excluding tert-OH is 1. The normalized spacial score (nSPS) is 14.7. The molecular weight excluding hydrogens is 267 g/mol. The monoisotopic (exact) mass is 276 g/mol. The molecule has 0 aliphatic rings. The fourth-order valence-corrected chi connectivity index (χ4v) is 1.48. The van der Waals surface area contributed by atoms with E-state index in [0.717, 1.165) is 0 Å². The van der Waals surface area contributed by atoms with Crippen molar-refractivity contribution in [3.05, 3.63) is 34.1 Å². The first-order valence-electron chi connectivity index (χ1n) is 4.29. The highest BCUT2D eigenvalue weighted by molar-refractivity contribution is 9.10. The zero-order valence-corrected chi connectivity index (χ0v) is 9.53. The second-order valence-corrected chi connectivity index (χ2v) is 4.15. The lowest BCUT2D eigenvalue weighted by Crippen LogP contribution is -2.19. The van der Waals surface area contributed by atoms with Crippen LogP contribution < -0.4 is 0 Å². The lowest BCUT2D eigenvalue weighted by molar-refractivity contribution is -0.145. The molecule has 0 heterocycles. The topological polar surface area (TPSA) is 57.5 Å². The minimum absolute atomic E-state index is 0.00639. The Balaban J connectivity index is 3.01. The Morgan fingerprint density at radius 2 is 2.13 bits per heavy atom. The van der Waals surface area contributed by atoms with Crippen LogP contribution in [-0.4, -0.2) is 16.2 Å². The van der Waals surface area contributed by atoms with Gasteiger partial charge in [0.25, 0.3) is 0 Å². The van der Waals surface area contributed by atoms with Crippen LogP contribution in [0.1, 0.15) is 18.6 Å². The maximum Gasteiger partial charge on any atom is 0.309 e. The number of hydrogen-bond acceptors (Lipinski definition) is 2. The van der Waals surface area contributed by atoms with E-state index < -0.39 is 23.8 Å². The lowest BCUT2D eigenvalue weighted by atomic mass is 9.97. The van der Waals surface area contributed by atoms with Crippen LogP contribution in [0.3, 0.4) is 0 Å². The van der Waals surface area contributed by atoms with Gasteiger partial charge in [0.15, 0.2) is 0 Å². The molecule has 2 unspecified atom stereocenters. The van der Waals surface area contributed by atoms with Gasteiger partial charge in [0.05, 0.1) is 12.0 Å². The first-order chi connectivity index (χ1) is 6.93. The molecule has 0 radical (unpaired) electrons. The lowest BCUT2D eigenvalue weighted by Gasteiger charge is -2.15. The molecule has 0 aromatic heterocycles. The van der Waals surface area contributed by atoms with E-state index in [1.807, 2.05) is 0 Å². The summed E-state index contributed by atoms with van der Waals surface area (Å²) < 4.78 is 13.9. The fraction of sp³-hybridized carbons (Fsp3) is 0.300. The van der Waals surface area contributed by atoms with Gasteiger partial charge in [-0.2, -0.15) is 0 Å². The molecule has 82 valence electrons. The summed E-state index contributed by atoms with van der Waals surface area (Å²) in [4.78, 5) is 10.6. The average molecular weight is 277 g/mol. The average Bonchev–Trinajstić information content (AvgIpc) is 2.15. The predicted octanol–water partition coefficient (Wildman–Crippen LogP) is 2.34. The summed E-state index contributed by atoms with van der Waals surface area (Å²) in [5, 5.41) is 18.3. The van der Waals surface area contributed by atoms with Gasteiger partial charge in [-0.25, -0.2) is 4.39 Å². The third-order valence-corrected chi connectivity index (χ3v) is 2.64. The van der Waals surface area contributed by atoms with Crippen LogP contribution in [0.2, 0.25) is 0 Å². The van der Waals surface area contributed by atoms with Gasteiger partial charge in [-0.1, -0.05) is 22.0 Å². The van der Waals surface area contributed by atoms with Gasteiger partial charge in [0, 0.05) is 10.0 Å². The predicted molar refractivity (Wildman–Crippen MR) is 55.9 cm³/mol. The number of halogens is 2. The zero-order chi connectivity index (χ0) is 11.6. The summed E-state index contributed by atoms with van der Waals surface area (Å²) in [6.07, 6.45) is -1.34. The van der Waals surface area contributed by atoms with Crippen LogP contribution in [0, 0.1) is 11.7 Å². The molecule has 1 aromatic carbocycles. The molecule has 0 aliphatic heterocycles. The Morgan fingerprint density at radius 3 is 2.60 bits per heavy atom. The van der Waals surface area contributed by atoms with Gasteiger partial charge in [-0.3, -0.25) is 4.79 Å². The standard InChI is InChI=1S/C10H10BrFO3/c1-5(10(14)15)9(13)7-3-2-6(11)4-8(7)12/h2-5,9,13H,1H3,(H,14,15). The summed E-state index contributed by atoms with van der Waals surface area (Å²) in [5.41, 5.74) is -0.00639. The van der Waals surface area contributed by atoms with E-state index in [2.05, 4.69) is 15.9 Å². The van der Waals surface area contributed by atoms with E-state index in [4.69, 9.17) is 5.11 Å². The molecule has 0 saturated carbocycles. The Bertz CT molecular complexity index is 381. The van der Waals surface area contributed by atoms with Gasteiger partial charge in [0.1, 0.15) is 5.82 Å². The number of aliphatic carboxylic acids is 1. The van der Waals surface area contributed by atoms with Crippen molar-refractivity contribution in [2.24, 2.45) is 5.92 Å². The number of carbonyl (C=O) groups is 1. The minimum atomic E-state index is -1.34. The van der Waals surface area contributed by atoms with Crippen molar-refractivity contribution in [1.82, 2.24) is 0 Å². The molecule has 2 atom stereocenters. The molecule has 0 saturated heterocycles. The summed E-state index contributed by atoms with van der Waals surface area (Å²) in [6, 6.07) is 4.10. The van der Waals surface area contributed by atoms with Crippen LogP contribution in [0.25, 0.3) is 0 Å². The number of benzene rings is 1. The molecule has 0 spiro atoms. The summed E-state index contributed by atoms with van der Waals surface area (Å²) in [5.74, 6) is -2.82. The molecule has 15 heavy (non-hydrogen) atoms. The highest BCUT2D eigenvalue weighted by Gasteiger charge is 2.25. The molecule has 3 nitrogen and oxygen atoms in total. The zero-order valence-electron chi connectivity index (χ0n) is 7.95. The number of carboxylic acid groups (broad SMARTS) is 1. The fourth-order valence-electron chi connectivity index (χ4n) is 1.15. The molecule has 0 amide bonds. The van der Waals surface area contributed by atoms with Crippen LogP contribution in [-0.2, 0) is 4.79 Å². The maximum atomic E-state index is 13.3. The Hall–Kier alpha value is -0.940. The van der Waals surface area contributed by atoms with Gasteiger partial charge in [-0.05, 0) is 19.1 Å². The Morgan fingerprint density at radius 1 is 1.53 bits per heavy atom. The Labute approximate surface area is 94.7 Å². The SMILES string of the molecule is CC(C(=O)O)C(O)c1ccc(Br)cc1F. The smallest absolute Gasteiger partial charge is 0.309 e. The van der Waals surface area contributed by atoms with E-state index in [0.29, 0.717) is 4.47 Å². The van der Waals surface area contributed by atoms with Crippen molar-refractivity contribution < 1.29 is 19.4 Å². The van der Waals surface area contributed by atoms with Crippen LogP contribution in [0.5, 0.6) is 0 Å². The third-order valence-electron chi connectivity index (χ3n) is 2.14. The van der Waals surface area contributed by atoms with Crippen LogP contribution in [0.15, 0.2) is 22.7 Å². The summed E-state index contributed by atoms with van der Waals surface area (Å²) in [6.45, 7) is 1.33. The molecular formula is C10H10BrFO3. The number of carboxylic acids is 1. The van der Waals surface area contributed by atoms with Crippen molar-refractivity contribution in [3.63, 3.8) is 0 Å². The quantitative estimate of drug-likeness (QED) is 0.891. The molecule has 5 heteroatoms. The first-order valence-corrected chi connectivity index (χ1v) is 5.08. The maximum absolute atomic E-state index is 13.3. The Kier molecular flexibility index (Phi) is 3.82. The highest BCUT2D eigenvalue weighted by Crippen LogP contribution is 2.26. The van der Waals surface area contributed by atoms with E-state index in [9.17, 15) is 14.3 Å². The molecule has 1 aromatic rings. The van der Waals surface area contributed by atoms with Gasteiger partial charge in [0.2, 0.25) is 0 Å². The van der Waals surface area contributed by atoms with E-state index in [1.165, 1.54) is 19.1 Å². The van der Waals surface area contributed by atoms with E-state index in [-0.39, 0.29) is 5.56 Å². The van der Waals surface area contributed by atoms with E-state index in [1.54, 1.807) is 6.07 Å². The van der Waals surface area contributed by atoms with Crippen molar-refractivity contribution in [2.75, 3.05) is 0 Å². The van der Waals surface area contributed by atoms with Crippen LogP contribution >= 0.6 is 15.9 Å². The first kappa shape index (κ1) is 12.1. The number of aliphatic hydroxyl groups is 1. The van der Waals surface area contributed by atoms with E-state index >= 15 is 0 Å². The van der Waals surface area contributed by atoms with Crippen molar-refractivity contribution in [2.45, 2.75) is 13.0 Å². The van der Waals surface area contributed by atoms with Crippen molar-refractivity contribution in [1.29, 1.82) is 0 Å². The summed E-state index contributed by atoms with van der Waals surface area (Å²) in [7, 11) is 0. The molecule has 1 rings (SSSR count). The molecule has 2 N–H and O–H groups in total. The largest absolute Gasteiger partial charge is 0.481 e. The third kappa shape index (κ3) is 2.76. The minimum Gasteiger partial charge on any atom is -0.481 e. The molecule has 0 fully saturated rings. The van der Waals surface area contributed by atoms with Gasteiger partial charge in [-0.15, -0.1) is 0 Å². The number of rotatable bonds is 3. The molecule has 0 bridgehead atoms. The van der Waals surface area contributed by atoms with Crippen LogP contribution in [0.4, 0.5) is 4.39 Å². The second-order valence-electron chi connectivity index (χ2n) is 3.24. The van der Waals surface area contributed by atoms with Crippen molar-refractivity contribution >= 4 is 21.9 Å². The van der Waals surface area contributed by atoms with Gasteiger partial charge < -0.3 is 10.2 Å². The summed E-state index contributed by atoms with van der Waals surface area (Å²) >= 11 is 3.07.